The first-order valence-electron chi connectivity index (χ1n) is 8.09. The van der Waals surface area contributed by atoms with Crippen LogP contribution in [-0.2, 0) is 11.2 Å². The highest BCUT2D eigenvalue weighted by Crippen LogP contribution is 2.20. The van der Waals surface area contributed by atoms with Crippen molar-refractivity contribution in [1.82, 2.24) is 19.5 Å². The lowest BCUT2D eigenvalue weighted by molar-refractivity contribution is -0.134. The summed E-state index contributed by atoms with van der Waals surface area (Å²) in [5, 5.41) is 2.83. The second-order valence-corrected chi connectivity index (χ2v) is 6.32. The molecule has 1 aliphatic rings. The summed E-state index contributed by atoms with van der Waals surface area (Å²) in [5.74, 6) is -0.0412. The number of aromatic amines is 1. The van der Waals surface area contributed by atoms with Crippen LogP contribution in [0, 0.1) is 6.92 Å². The molecule has 7 nitrogen and oxygen atoms in total. The highest BCUT2D eigenvalue weighted by atomic mass is 35.5. The molecule has 0 spiro atoms. The molecule has 1 amide bonds. The summed E-state index contributed by atoms with van der Waals surface area (Å²) in [6, 6.07) is 1.73. The minimum Gasteiger partial charge on any atom is -0.338 e. The minimum atomic E-state index is -0.208. The monoisotopic (exact) mass is 353 g/mol. The first kappa shape index (κ1) is 18.5. The van der Waals surface area contributed by atoms with Crippen LogP contribution in [0.1, 0.15) is 37.4 Å². The number of carbonyl (C=O) groups is 1. The van der Waals surface area contributed by atoms with Gasteiger partial charge in [0.25, 0.3) is 5.56 Å². The van der Waals surface area contributed by atoms with E-state index in [9.17, 15) is 9.59 Å². The summed E-state index contributed by atoms with van der Waals surface area (Å²) in [5.41, 5.74) is 7.45. The average molecular weight is 354 g/mol. The molecule has 24 heavy (non-hydrogen) atoms. The van der Waals surface area contributed by atoms with Crippen LogP contribution in [0.3, 0.4) is 0 Å². The molecule has 1 aliphatic heterocycles. The van der Waals surface area contributed by atoms with E-state index in [0.29, 0.717) is 23.4 Å². The lowest BCUT2D eigenvalue weighted by Crippen LogP contribution is -2.52. The van der Waals surface area contributed by atoms with Crippen molar-refractivity contribution in [2.45, 2.75) is 51.6 Å². The van der Waals surface area contributed by atoms with Crippen LogP contribution in [0.4, 0.5) is 0 Å². The van der Waals surface area contributed by atoms with E-state index in [-0.39, 0.29) is 42.4 Å². The summed E-state index contributed by atoms with van der Waals surface area (Å²) in [6.07, 6.45) is 4.73. The zero-order valence-electron chi connectivity index (χ0n) is 14.0. The molecule has 2 unspecified atom stereocenters. The van der Waals surface area contributed by atoms with Crippen molar-refractivity contribution in [1.29, 1.82) is 0 Å². The third-order valence-corrected chi connectivity index (χ3v) is 4.65. The van der Waals surface area contributed by atoms with Gasteiger partial charge in [0.1, 0.15) is 0 Å². The number of nitrogens with zero attached hydrogens (tertiary/aromatic N) is 3. The summed E-state index contributed by atoms with van der Waals surface area (Å²) in [4.78, 5) is 31.5. The van der Waals surface area contributed by atoms with E-state index in [1.54, 1.807) is 19.2 Å². The Morgan fingerprint density at radius 2 is 2.25 bits per heavy atom. The number of carbonyl (C=O) groups excluding carboxylic acids is 1. The van der Waals surface area contributed by atoms with Crippen molar-refractivity contribution in [3.63, 3.8) is 0 Å². The van der Waals surface area contributed by atoms with E-state index in [1.807, 2.05) is 11.8 Å². The Hall–Kier alpha value is -1.86. The molecule has 2 aromatic heterocycles. The van der Waals surface area contributed by atoms with Gasteiger partial charge >= 0.3 is 0 Å². The third-order valence-electron chi connectivity index (χ3n) is 4.65. The molecule has 1 saturated heterocycles. The van der Waals surface area contributed by atoms with E-state index < -0.39 is 0 Å². The molecule has 132 valence electrons. The molecule has 3 rings (SSSR count). The van der Waals surface area contributed by atoms with Gasteiger partial charge in [-0.1, -0.05) is 0 Å². The summed E-state index contributed by atoms with van der Waals surface area (Å²) >= 11 is 0. The second-order valence-electron chi connectivity index (χ2n) is 6.32. The molecule has 1 fully saturated rings. The molecule has 0 aliphatic carbocycles. The van der Waals surface area contributed by atoms with Crippen molar-refractivity contribution in [3.05, 3.63) is 33.9 Å². The number of nitrogens with two attached hydrogens (primary N) is 1. The molecule has 0 aromatic carbocycles. The van der Waals surface area contributed by atoms with E-state index in [1.165, 1.54) is 4.52 Å². The molecule has 3 heterocycles. The van der Waals surface area contributed by atoms with Gasteiger partial charge in [0, 0.05) is 42.1 Å². The molecule has 0 saturated carbocycles. The SMILES string of the molecule is Cc1nc2cc[nH]n2c(=O)c1CC(=O)N1CCCCC1C(C)N.Cl. The predicted octanol–water partition coefficient (Wildman–Crippen LogP) is 1.02. The number of amides is 1. The van der Waals surface area contributed by atoms with Gasteiger partial charge in [-0.25, -0.2) is 9.50 Å². The van der Waals surface area contributed by atoms with Gasteiger partial charge in [-0.2, -0.15) is 0 Å². The standard InChI is InChI=1S/C16H23N5O2.ClH/c1-10(17)13-5-3-4-8-20(13)15(22)9-12-11(2)19-14-6-7-18-21(14)16(12)23;/h6-7,10,13,18H,3-5,8-9,17H2,1-2H3;1H. The first-order valence-corrected chi connectivity index (χ1v) is 8.09. The average Bonchev–Trinajstić information content (AvgIpc) is 2.99. The Balaban J connectivity index is 0.00000208. The van der Waals surface area contributed by atoms with Crippen LogP contribution in [0.15, 0.2) is 17.1 Å². The maximum absolute atomic E-state index is 12.7. The fourth-order valence-corrected chi connectivity index (χ4v) is 3.38. The number of halogens is 1. The van der Waals surface area contributed by atoms with E-state index in [4.69, 9.17) is 5.73 Å². The van der Waals surface area contributed by atoms with Gasteiger partial charge in [-0.3, -0.25) is 14.7 Å². The maximum atomic E-state index is 12.7. The van der Waals surface area contributed by atoms with Gasteiger partial charge in [-0.05, 0) is 33.1 Å². The van der Waals surface area contributed by atoms with Crippen molar-refractivity contribution < 1.29 is 4.79 Å². The number of hydrogen-bond acceptors (Lipinski definition) is 4. The molecule has 3 N–H and O–H groups in total. The highest BCUT2D eigenvalue weighted by Gasteiger charge is 2.30. The van der Waals surface area contributed by atoms with Gasteiger partial charge in [0.2, 0.25) is 5.91 Å². The first-order chi connectivity index (χ1) is 11.0. The van der Waals surface area contributed by atoms with Crippen LogP contribution in [-0.4, -0.2) is 44.0 Å². The van der Waals surface area contributed by atoms with Crippen LogP contribution < -0.4 is 11.3 Å². The Bertz CT molecular complexity index is 782. The summed E-state index contributed by atoms with van der Waals surface area (Å²) < 4.78 is 1.37. The number of rotatable bonds is 3. The highest BCUT2D eigenvalue weighted by molar-refractivity contribution is 5.85. The van der Waals surface area contributed by atoms with Gasteiger partial charge in [-0.15, -0.1) is 12.4 Å². The Morgan fingerprint density at radius 3 is 2.96 bits per heavy atom. The Kier molecular flexibility index (Phi) is 5.66. The predicted molar refractivity (Wildman–Crippen MR) is 94.5 cm³/mol. The number of nitrogens with one attached hydrogen (secondary N) is 1. The summed E-state index contributed by atoms with van der Waals surface area (Å²) in [6.45, 7) is 4.42. The third kappa shape index (κ3) is 3.32. The number of hydrogen-bond donors (Lipinski definition) is 2. The molecular weight excluding hydrogens is 330 g/mol. The Labute approximate surface area is 146 Å². The lowest BCUT2D eigenvalue weighted by atomic mass is 9.96. The van der Waals surface area contributed by atoms with Gasteiger partial charge in [0.05, 0.1) is 6.42 Å². The fraction of sp³-hybridized carbons (Fsp3) is 0.562. The smallest absolute Gasteiger partial charge is 0.276 e. The molecule has 2 aromatic rings. The normalized spacial score (nSPS) is 19.1. The van der Waals surface area contributed by atoms with Crippen LogP contribution >= 0.6 is 12.4 Å². The van der Waals surface area contributed by atoms with Crippen LogP contribution in [0.25, 0.3) is 5.65 Å². The molecule has 8 heteroatoms. The van der Waals surface area contributed by atoms with Crippen LogP contribution in [0.2, 0.25) is 0 Å². The van der Waals surface area contributed by atoms with E-state index in [0.717, 1.165) is 19.3 Å². The van der Waals surface area contributed by atoms with E-state index in [2.05, 4.69) is 10.1 Å². The Morgan fingerprint density at radius 1 is 1.50 bits per heavy atom. The van der Waals surface area contributed by atoms with Crippen LogP contribution in [0.5, 0.6) is 0 Å². The van der Waals surface area contributed by atoms with Gasteiger partial charge in [0.15, 0.2) is 5.65 Å². The molecular formula is C16H24ClN5O2. The number of fused-ring (bicyclic) bond motifs is 1. The summed E-state index contributed by atoms with van der Waals surface area (Å²) in [7, 11) is 0. The number of aryl methyl sites for hydroxylation is 1. The van der Waals surface area contributed by atoms with Gasteiger partial charge < -0.3 is 10.6 Å². The molecule has 2 atom stereocenters. The second kappa shape index (κ2) is 7.36. The lowest BCUT2D eigenvalue weighted by Gasteiger charge is -2.38. The zero-order valence-corrected chi connectivity index (χ0v) is 14.8. The quantitative estimate of drug-likeness (QED) is 0.861. The molecule has 0 radical (unpaired) electrons. The van der Waals surface area contributed by atoms with Crippen molar-refractivity contribution >= 4 is 24.0 Å². The number of H-pyrrole nitrogens is 1. The largest absolute Gasteiger partial charge is 0.338 e. The van der Waals surface area contributed by atoms with Crippen molar-refractivity contribution in [3.8, 4) is 0 Å². The van der Waals surface area contributed by atoms with Crippen molar-refractivity contribution in [2.75, 3.05) is 6.54 Å². The number of likely N-dealkylation sites (tertiary alicyclic amines) is 1. The molecule has 0 bridgehead atoms. The number of aromatic nitrogens is 3. The zero-order chi connectivity index (χ0) is 16.6. The fourth-order valence-electron chi connectivity index (χ4n) is 3.38. The van der Waals surface area contributed by atoms with E-state index >= 15 is 0 Å². The van der Waals surface area contributed by atoms with Crippen molar-refractivity contribution in [2.24, 2.45) is 5.73 Å². The topological polar surface area (TPSA) is 96.5 Å². The maximum Gasteiger partial charge on any atom is 0.276 e. The minimum absolute atomic E-state index is 0. The number of piperidine rings is 1.